The van der Waals surface area contributed by atoms with Gasteiger partial charge in [0.25, 0.3) is 0 Å². The van der Waals surface area contributed by atoms with Gasteiger partial charge in [0.1, 0.15) is 0 Å². The largest absolute Gasteiger partial charge is 0.0773 e. The smallest absolute Gasteiger partial charge is 0.0491 e. The molecule has 1 unspecified atom stereocenters. The summed E-state index contributed by atoms with van der Waals surface area (Å²) in [6.07, 6.45) is 17.9. The van der Waals surface area contributed by atoms with Crippen LogP contribution >= 0.6 is 0 Å². The van der Waals surface area contributed by atoms with Gasteiger partial charge >= 0.3 is 0 Å². The lowest BCUT2D eigenvalue weighted by atomic mass is 9.77. The van der Waals surface area contributed by atoms with Crippen LogP contribution < -0.4 is 0 Å². The van der Waals surface area contributed by atoms with Gasteiger partial charge in [-0.3, -0.25) is 0 Å². The third kappa shape index (κ3) is 1.46. The van der Waals surface area contributed by atoms with Crippen LogP contribution in [0.15, 0.2) is 70.9 Å². The summed E-state index contributed by atoms with van der Waals surface area (Å²) in [7, 11) is 0. The van der Waals surface area contributed by atoms with Gasteiger partial charge in [0.05, 0.1) is 0 Å². The molecule has 0 aromatic carbocycles. The molecule has 0 aromatic rings. The molecule has 1 radical (unpaired) electrons. The molecule has 0 nitrogen and oxygen atoms in total. The van der Waals surface area contributed by atoms with Crippen molar-refractivity contribution >= 4 is 0 Å². The van der Waals surface area contributed by atoms with Gasteiger partial charge in [-0.05, 0) is 29.6 Å². The summed E-state index contributed by atoms with van der Waals surface area (Å²) >= 11 is 0. The molecular weight excluding hydrogens is 192 g/mol. The molecule has 3 rings (SSSR count). The van der Waals surface area contributed by atoms with E-state index in [0.717, 1.165) is 0 Å². The fourth-order valence-corrected chi connectivity index (χ4v) is 2.42. The second kappa shape index (κ2) is 3.48. The molecule has 16 heavy (non-hydrogen) atoms. The highest BCUT2D eigenvalue weighted by molar-refractivity contribution is 5.65. The Balaban J connectivity index is 2.07. The van der Waals surface area contributed by atoms with E-state index < -0.39 is 0 Å². The summed E-state index contributed by atoms with van der Waals surface area (Å²) in [5, 5.41) is 0. The average Bonchev–Trinajstić information content (AvgIpc) is 2.28. The van der Waals surface area contributed by atoms with Crippen LogP contribution in [0.3, 0.4) is 0 Å². The predicted octanol–water partition coefficient (Wildman–Crippen LogP) is 4.08. The van der Waals surface area contributed by atoms with E-state index in [1.807, 2.05) is 0 Å². The molecule has 0 saturated heterocycles. The van der Waals surface area contributed by atoms with Crippen molar-refractivity contribution in [1.29, 1.82) is 0 Å². The van der Waals surface area contributed by atoms with E-state index in [1.165, 1.54) is 28.2 Å². The normalized spacial score (nSPS) is 27.5. The molecule has 0 aliphatic heterocycles. The highest BCUT2D eigenvalue weighted by Gasteiger charge is 2.22. The van der Waals surface area contributed by atoms with Crippen LogP contribution in [-0.2, 0) is 0 Å². The predicted molar refractivity (Wildman–Crippen MR) is 68.7 cm³/mol. The minimum absolute atomic E-state index is 0.532. The second-order valence-corrected chi connectivity index (χ2v) is 4.67. The van der Waals surface area contributed by atoms with E-state index >= 15 is 0 Å². The molecule has 3 aliphatic carbocycles. The third-order valence-corrected chi connectivity index (χ3v) is 3.36. The van der Waals surface area contributed by atoms with E-state index in [0.29, 0.717) is 5.92 Å². The van der Waals surface area contributed by atoms with Crippen LogP contribution in [0.4, 0.5) is 0 Å². The first-order valence-electron chi connectivity index (χ1n) is 5.80. The topological polar surface area (TPSA) is 0 Å². The van der Waals surface area contributed by atoms with E-state index in [4.69, 9.17) is 0 Å². The number of allylic oxidation sites excluding steroid dienone is 12. The molecule has 0 saturated carbocycles. The van der Waals surface area contributed by atoms with E-state index in [2.05, 4.69) is 62.5 Å². The van der Waals surface area contributed by atoms with E-state index in [-0.39, 0.29) is 0 Å². The zero-order valence-corrected chi connectivity index (χ0v) is 9.70. The molecule has 0 amide bonds. The molecule has 0 heteroatoms. The molecule has 0 heterocycles. The Morgan fingerprint density at radius 1 is 1.00 bits per heavy atom. The quantitative estimate of drug-likeness (QED) is 0.561. The lowest BCUT2D eigenvalue weighted by Gasteiger charge is -2.27. The minimum Gasteiger partial charge on any atom is -0.0773 e. The number of rotatable bonds is 0. The van der Waals surface area contributed by atoms with Gasteiger partial charge in [0, 0.05) is 5.92 Å². The van der Waals surface area contributed by atoms with Gasteiger partial charge in [-0.25, -0.2) is 0 Å². The fourth-order valence-electron chi connectivity index (χ4n) is 2.42. The third-order valence-electron chi connectivity index (χ3n) is 3.36. The van der Waals surface area contributed by atoms with Crippen molar-refractivity contribution in [2.75, 3.05) is 0 Å². The molecular formula is C16H15. The van der Waals surface area contributed by atoms with Gasteiger partial charge in [0.2, 0.25) is 0 Å². The van der Waals surface area contributed by atoms with Crippen LogP contribution in [-0.4, -0.2) is 0 Å². The highest BCUT2D eigenvalue weighted by atomic mass is 14.3. The first-order chi connectivity index (χ1) is 7.74. The minimum atomic E-state index is 0.532. The van der Waals surface area contributed by atoms with Crippen LogP contribution in [0.5, 0.6) is 0 Å². The van der Waals surface area contributed by atoms with Crippen LogP contribution in [0.1, 0.15) is 13.8 Å². The molecule has 0 fully saturated rings. The fraction of sp³-hybridized carbons (Fsp3) is 0.188. The van der Waals surface area contributed by atoms with Gasteiger partial charge in [-0.2, -0.15) is 0 Å². The maximum Gasteiger partial charge on any atom is 0.0491 e. The van der Waals surface area contributed by atoms with Gasteiger partial charge < -0.3 is 0 Å². The summed E-state index contributed by atoms with van der Waals surface area (Å²) in [4.78, 5) is 0. The van der Waals surface area contributed by atoms with Crippen LogP contribution in [0, 0.1) is 11.8 Å². The van der Waals surface area contributed by atoms with Crippen molar-refractivity contribution in [3.05, 3.63) is 76.8 Å². The first kappa shape index (κ1) is 9.65. The summed E-state index contributed by atoms with van der Waals surface area (Å²) < 4.78 is 0. The second-order valence-electron chi connectivity index (χ2n) is 4.67. The monoisotopic (exact) mass is 207 g/mol. The summed E-state index contributed by atoms with van der Waals surface area (Å²) in [6, 6.07) is 0. The van der Waals surface area contributed by atoms with Crippen LogP contribution in [0.25, 0.3) is 0 Å². The molecule has 3 aliphatic rings. The van der Waals surface area contributed by atoms with Gasteiger partial charge in [-0.1, -0.05) is 61.1 Å². The highest BCUT2D eigenvalue weighted by Crippen LogP contribution is 2.38. The Labute approximate surface area is 97.1 Å². The van der Waals surface area contributed by atoms with Crippen molar-refractivity contribution in [2.24, 2.45) is 5.92 Å². The SMILES string of the molecule is CC1=C[C]2C=C3C(=CC=CC3C)C=C2C=C1. The van der Waals surface area contributed by atoms with Crippen molar-refractivity contribution < 1.29 is 0 Å². The van der Waals surface area contributed by atoms with Crippen molar-refractivity contribution in [3.63, 3.8) is 0 Å². The summed E-state index contributed by atoms with van der Waals surface area (Å²) in [5.41, 5.74) is 5.48. The Morgan fingerprint density at radius 2 is 1.88 bits per heavy atom. The van der Waals surface area contributed by atoms with E-state index in [9.17, 15) is 0 Å². The number of hydrogen-bond acceptors (Lipinski definition) is 0. The molecule has 0 spiro atoms. The van der Waals surface area contributed by atoms with Crippen molar-refractivity contribution in [1.82, 2.24) is 0 Å². The number of hydrogen-bond donors (Lipinski definition) is 0. The van der Waals surface area contributed by atoms with Gasteiger partial charge in [-0.15, -0.1) is 0 Å². The Bertz CT molecular complexity index is 504. The maximum atomic E-state index is 2.34. The van der Waals surface area contributed by atoms with Crippen LogP contribution in [0.2, 0.25) is 0 Å². The Hall–Kier alpha value is -1.56. The zero-order chi connectivity index (χ0) is 11.1. The first-order valence-corrected chi connectivity index (χ1v) is 5.80. The van der Waals surface area contributed by atoms with Gasteiger partial charge in [0.15, 0.2) is 0 Å². The standard InChI is InChI=1S/C16H15/c1-11-6-7-13-9-14-5-3-4-12(2)16(14)10-15(13)8-11/h3-10,12H,1-2H3. The molecule has 0 bridgehead atoms. The molecule has 0 N–H and O–H groups in total. The molecule has 0 aromatic heterocycles. The Kier molecular flexibility index (Phi) is 2.10. The zero-order valence-electron chi connectivity index (χ0n) is 9.70. The molecule has 79 valence electrons. The van der Waals surface area contributed by atoms with Crippen molar-refractivity contribution in [2.45, 2.75) is 13.8 Å². The lowest BCUT2D eigenvalue weighted by molar-refractivity contribution is 0.860. The summed E-state index contributed by atoms with van der Waals surface area (Å²) in [5.74, 6) is 1.89. The average molecular weight is 207 g/mol. The molecule has 1 atom stereocenters. The van der Waals surface area contributed by atoms with Crippen molar-refractivity contribution in [3.8, 4) is 0 Å². The summed E-state index contributed by atoms with van der Waals surface area (Å²) in [6.45, 7) is 4.40. The Morgan fingerprint density at radius 3 is 2.75 bits per heavy atom. The maximum absolute atomic E-state index is 2.34. The number of fused-ring (bicyclic) bond motifs is 2. The lowest BCUT2D eigenvalue weighted by Crippen LogP contribution is -2.11. The van der Waals surface area contributed by atoms with E-state index in [1.54, 1.807) is 0 Å².